The second-order valence-electron chi connectivity index (χ2n) is 4.36. The smallest absolute Gasteiger partial charge is 0.338 e. The number of amides is 1. The molecule has 1 saturated carbocycles. The third-order valence-electron chi connectivity index (χ3n) is 3.02. The molecule has 1 aliphatic rings. The van der Waals surface area contributed by atoms with E-state index in [1.54, 1.807) is 12.1 Å². The van der Waals surface area contributed by atoms with Crippen molar-refractivity contribution in [3.8, 4) is 0 Å². The molecule has 0 saturated heterocycles. The summed E-state index contributed by atoms with van der Waals surface area (Å²) in [6.07, 6.45) is -4.50. The van der Waals surface area contributed by atoms with Gasteiger partial charge >= 0.3 is 6.18 Å². The Morgan fingerprint density at radius 2 is 1.83 bits per heavy atom. The predicted octanol–water partition coefficient (Wildman–Crippen LogP) is 3.25. The lowest BCUT2D eigenvalue weighted by atomic mass is 10.1. The van der Waals surface area contributed by atoms with Gasteiger partial charge in [0, 0.05) is 11.4 Å². The first-order valence-corrected chi connectivity index (χ1v) is 5.95. The minimum Gasteiger partial charge on any atom is -0.338 e. The number of benzene rings is 1. The van der Waals surface area contributed by atoms with Crippen LogP contribution in [-0.2, 0) is 5.88 Å². The number of rotatable bonds is 3. The number of carbonyl (C=O) groups excluding carboxylic acids is 1. The molecule has 0 radical (unpaired) electrons. The van der Waals surface area contributed by atoms with Gasteiger partial charge in [-0.05, 0) is 30.5 Å². The fraction of sp³-hybridized carbons (Fsp3) is 0.417. The maximum absolute atomic E-state index is 12.7. The Hall–Kier alpha value is -1.23. The van der Waals surface area contributed by atoms with Gasteiger partial charge in [-0.1, -0.05) is 12.1 Å². The average Bonchev–Trinajstić information content (AvgIpc) is 3.09. The molecule has 0 spiro atoms. The maximum atomic E-state index is 12.7. The van der Waals surface area contributed by atoms with E-state index in [2.05, 4.69) is 5.32 Å². The van der Waals surface area contributed by atoms with Gasteiger partial charge in [-0.3, -0.25) is 4.79 Å². The molecule has 0 heterocycles. The molecule has 1 N–H and O–H groups in total. The highest BCUT2D eigenvalue weighted by atomic mass is 35.5. The predicted molar refractivity (Wildman–Crippen MR) is 61.5 cm³/mol. The summed E-state index contributed by atoms with van der Waals surface area (Å²) < 4.78 is 38.0. The maximum Gasteiger partial charge on any atom is 0.411 e. The van der Waals surface area contributed by atoms with Gasteiger partial charge in [0.1, 0.15) is 5.54 Å². The van der Waals surface area contributed by atoms with Crippen LogP contribution in [0.5, 0.6) is 0 Å². The zero-order valence-electron chi connectivity index (χ0n) is 9.35. The molecule has 0 aromatic heterocycles. The van der Waals surface area contributed by atoms with Crippen LogP contribution >= 0.6 is 11.6 Å². The van der Waals surface area contributed by atoms with Gasteiger partial charge in [-0.2, -0.15) is 13.2 Å². The summed E-state index contributed by atoms with van der Waals surface area (Å²) in [6.45, 7) is 0. The Balaban J connectivity index is 2.08. The zero-order valence-corrected chi connectivity index (χ0v) is 10.1. The fourth-order valence-corrected chi connectivity index (χ4v) is 1.82. The summed E-state index contributed by atoms with van der Waals surface area (Å²) in [5.41, 5.74) is -1.00. The van der Waals surface area contributed by atoms with Gasteiger partial charge in [0.15, 0.2) is 0 Å². The molecule has 0 atom stereocenters. The molecular weight excluding hydrogens is 267 g/mol. The Bertz CT molecular complexity index is 451. The number of nitrogens with one attached hydrogen (secondary N) is 1. The lowest BCUT2D eigenvalue weighted by molar-refractivity contribution is -0.163. The Morgan fingerprint density at radius 3 is 2.22 bits per heavy atom. The SMILES string of the molecule is O=C(NC1(C(F)(F)F)CC1)c1ccc(CCl)cc1. The number of alkyl halides is 4. The van der Waals surface area contributed by atoms with Gasteiger partial charge in [0.05, 0.1) is 0 Å². The number of hydrogen-bond donors (Lipinski definition) is 1. The number of halogens is 4. The van der Waals surface area contributed by atoms with Crippen LogP contribution in [0.3, 0.4) is 0 Å². The monoisotopic (exact) mass is 277 g/mol. The summed E-state index contributed by atoms with van der Waals surface area (Å²) in [5.74, 6) is -0.403. The van der Waals surface area contributed by atoms with Crippen LogP contribution in [0.2, 0.25) is 0 Å². The van der Waals surface area contributed by atoms with Crippen LogP contribution < -0.4 is 5.32 Å². The Labute approximate surface area is 107 Å². The quantitative estimate of drug-likeness (QED) is 0.844. The molecule has 18 heavy (non-hydrogen) atoms. The van der Waals surface area contributed by atoms with Crippen LogP contribution in [-0.4, -0.2) is 17.6 Å². The molecule has 1 aliphatic carbocycles. The molecule has 1 fully saturated rings. The molecule has 1 aromatic rings. The van der Waals surface area contributed by atoms with Crippen LogP contribution in [0.4, 0.5) is 13.2 Å². The minimum atomic E-state index is -4.39. The van der Waals surface area contributed by atoms with Crippen molar-refractivity contribution in [2.45, 2.75) is 30.4 Å². The van der Waals surface area contributed by atoms with Crippen molar-refractivity contribution >= 4 is 17.5 Å². The summed E-state index contributed by atoms with van der Waals surface area (Å²) in [5, 5.41) is 2.06. The highest BCUT2D eigenvalue weighted by Crippen LogP contribution is 2.49. The summed E-state index contributed by atoms with van der Waals surface area (Å²) in [4.78, 5) is 11.7. The Kier molecular flexibility index (Phi) is 3.27. The lowest BCUT2D eigenvalue weighted by Gasteiger charge is -2.20. The van der Waals surface area contributed by atoms with E-state index in [0.29, 0.717) is 5.88 Å². The fourth-order valence-electron chi connectivity index (χ4n) is 1.64. The summed E-state index contributed by atoms with van der Waals surface area (Å²) in [6, 6.07) is 6.18. The lowest BCUT2D eigenvalue weighted by Crippen LogP contribution is -2.47. The topological polar surface area (TPSA) is 29.1 Å². The summed E-state index contributed by atoms with van der Waals surface area (Å²) in [7, 11) is 0. The molecule has 2 rings (SSSR count). The zero-order chi connectivity index (χ0) is 13.4. The molecule has 1 aromatic carbocycles. The van der Waals surface area contributed by atoms with Gasteiger partial charge < -0.3 is 5.32 Å². The first-order valence-electron chi connectivity index (χ1n) is 5.42. The van der Waals surface area contributed by atoms with Gasteiger partial charge in [0.2, 0.25) is 0 Å². The van der Waals surface area contributed by atoms with Crippen molar-refractivity contribution < 1.29 is 18.0 Å². The average molecular weight is 278 g/mol. The van der Waals surface area contributed by atoms with Gasteiger partial charge in [-0.25, -0.2) is 0 Å². The van der Waals surface area contributed by atoms with Gasteiger partial charge in [0.25, 0.3) is 5.91 Å². The molecule has 0 unspecified atom stereocenters. The number of hydrogen-bond acceptors (Lipinski definition) is 1. The second-order valence-corrected chi connectivity index (χ2v) is 4.63. The molecule has 1 amide bonds. The molecule has 0 aliphatic heterocycles. The van der Waals surface area contributed by atoms with E-state index in [0.717, 1.165) is 5.56 Å². The first-order chi connectivity index (χ1) is 8.38. The van der Waals surface area contributed by atoms with Gasteiger partial charge in [-0.15, -0.1) is 11.6 Å². The normalized spacial score (nSPS) is 17.3. The van der Waals surface area contributed by atoms with E-state index in [1.807, 2.05) is 0 Å². The molecule has 6 heteroatoms. The van der Waals surface area contributed by atoms with Crippen LogP contribution in [0.15, 0.2) is 24.3 Å². The first kappa shape index (κ1) is 13.2. The standard InChI is InChI=1S/C12H11ClF3NO/c13-7-8-1-3-9(4-2-8)10(18)17-11(5-6-11)12(14,15)16/h1-4H,5-7H2,(H,17,18). The van der Waals surface area contributed by atoms with Crippen molar-refractivity contribution in [3.63, 3.8) is 0 Å². The van der Waals surface area contributed by atoms with Crippen molar-refractivity contribution in [1.29, 1.82) is 0 Å². The van der Waals surface area contributed by atoms with E-state index in [1.165, 1.54) is 12.1 Å². The van der Waals surface area contributed by atoms with Crippen molar-refractivity contribution in [2.75, 3.05) is 0 Å². The largest absolute Gasteiger partial charge is 0.411 e. The second kappa shape index (κ2) is 4.46. The highest BCUT2D eigenvalue weighted by molar-refractivity contribution is 6.17. The van der Waals surface area contributed by atoms with E-state index in [-0.39, 0.29) is 18.4 Å². The molecule has 98 valence electrons. The van der Waals surface area contributed by atoms with E-state index < -0.39 is 17.6 Å². The van der Waals surface area contributed by atoms with E-state index in [9.17, 15) is 18.0 Å². The van der Waals surface area contributed by atoms with Crippen molar-refractivity contribution in [3.05, 3.63) is 35.4 Å². The molecule has 2 nitrogen and oxygen atoms in total. The third kappa shape index (κ3) is 2.46. The van der Waals surface area contributed by atoms with Crippen molar-refractivity contribution in [2.24, 2.45) is 0 Å². The van der Waals surface area contributed by atoms with Crippen LogP contribution in [0, 0.1) is 0 Å². The number of carbonyl (C=O) groups is 1. The van der Waals surface area contributed by atoms with Crippen molar-refractivity contribution in [1.82, 2.24) is 5.32 Å². The summed E-state index contributed by atoms with van der Waals surface area (Å²) >= 11 is 5.59. The third-order valence-corrected chi connectivity index (χ3v) is 3.32. The van der Waals surface area contributed by atoms with E-state index in [4.69, 9.17) is 11.6 Å². The van der Waals surface area contributed by atoms with Crippen LogP contribution in [0.1, 0.15) is 28.8 Å². The molecule has 0 bridgehead atoms. The minimum absolute atomic E-state index is 0.0536. The Morgan fingerprint density at radius 1 is 1.28 bits per heavy atom. The van der Waals surface area contributed by atoms with Crippen LogP contribution in [0.25, 0.3) is 0 Å². The van der Waals surface area contributed by atoms with E-state index >= 15 is 0 Å². The molecular formula is C12H11ClF3NO. The highest BCUT2D eigenvalue weighted by Gasteiger charge is 2.64.